The van der Waals surface area contributed by atoms with E-state index in [0.29, 0.717) is 17.9 Å². The number of benzene rings is 1. The van der Waals surface area contributed by atoms with Crippen LogP contribution in [0.4, 0.5) is 0 Å². The Morgan fingerprint density at radius 1 is 1.19 bits per heavy atom. The number of fused-ring (bicyclic) bond motifs is 3. The maximum absolute atomic E-state index is 12.2. The molecule has 10 nitrogen and oxygen atoms in total. The molecule has 2 N–H and O–H groups in total. The lowest BCUT2D eigenvalue weighted by molar-refractivity contribution is 0.441. The summed E-state index contributed by atoms with van der Waals surface area (Å²) < 4.78 is 6.71. The predicted octanol–water partition coefficient (Wildman–Crippen LogP) is 2.02. The fourth-order valence-electron chi connectivity index (χ4n) is 3.95. The Morgan fingerprint density at radius 3 is 2.65 bits per heavy atom. The molecular formula is C19H12Cl2N6O4. The highest BCUT2D eigenvalue weighted by atomic mass is 35.5. The van der Waals surface area contributed by atoms with E-state index < -0.39 is 16.9 Å². The summed E-state index contributed by atoms with van der Waals surface area (Å²) in [4.78, 5) is 37.8. The number of nitriles is 1. The van der Waals surface area contributed by atoms with Crippen LogP contribution in [0.3, 0.4) is 0 Å². The number of hydrogen-bond acceptors (Lipinski definition) is 7. The summed E-state index contributed by atoms with van der Waals surface area (Å²) in [6.07, 6.45) is 2.61. The Balaban J connectivity index is 1.57. The molecule has 1 fully saturated rings. The van der Waals surface area contributed by atoms with Gasteiger partial charge in [0.1, 0.15) is 6.07 Å². The molecule has 0 aliphatic heterocycles. The molecular weight excluding hydrogens is 447 g/mol. The highest BCUT2D eigenvalue weighted by Gasteiger charge is 2.45. The van der Waals surface area contributed by atoms with E-state index in [9.17, 15) is 14.4 Å². The Hall–Kier alpha value is -3.42. The molecule has 5 rings (SSSR count). The molecule has 2 heterocycles. The summed E-state index contributed by atoms with van der Waals surface area (Å²) >= 11 is 12.7. The van der Waals surface area contributed by atoms with E-state index in [4.69, 9.17) is 33.2 Å². The molecule has 12 heteroatoms. The van der Waals surface area contributed by atoms with Gasteiger partial charge in [0.25, 0.3) is 11.1 Å². The largest absolute Gasteiger partial charge is 0.434 e. The molecule has 0 spiro atoms. The smallest absolute Gasteiger partial charge is 0.349 e. The van der Waals surface area contributed by atoms with Crippen molar-refractivity contribution < 1.29 is 4.74 Å². The van der Waals surface area contributed by atoms with E-state index in [1.54, 1.807) is 6.07 Å². The molecule has 3 aromatic rings. The average Bonchev–Trinajstić information content (AvgIpc) is 3.52. The number of ether oxygens (including phenoxy) is 1. The van der Waals surface area contributed by atoms with Gasteiger partial charge in [-0.2, -0.15) is 9.94 Å². The number of H-pyrrole nitrogens is 2. The van der Waals surface area contributed by atoms with Crippen molar-refractivity contribution >= 4 is 23.2 Å². The molecule has 31 heavy (non-hydrogen) atoms. The van der Waals surface area contributed by atoms with Gasteiger partial charge in [0, 0.05) is 11.1 Å². The van der Waals surface area contributed by atoms with Crippen LogP contribution in [-0.2, 0) is 6.42 Å². The van der Waals surface area contributed by atoms with Crippen LogP contribution in [0.1, 0.15) is 35.6 Å². The van der Waals surface area contributed by atoms with Crippen LogP contribution in [-0.4, -0.2) is 25.0 Å². The first-order valence-corrected chi connectivity index (χ1v) is 10.1. The van der Waals surface area contributed by atoms with Crippen molar-refractivity contribution in [1.29, 1.82) is 5.26 Å². The van der Waals surface area contributed by atoms with Gasteiger partial charge < -0.3 is 4.74 Å². The van der Waals surface area contributed by atoms with Gasteiger partial charge in [-0.05, 0) is 43.2 Å². The minimum atomic E-state index is -0.895. The van der Waals surface area contributed by atoms with E-state index in [1.807, 2.05) is 4.98 Å². The van der Waals surface area contributed by atoms with E-state index in [2.05, 4.69) is 15.3 Å². The van der Waals surface area contributed by atoms with Crippen molar-refractivity contribution in [3.63, 3.8) is 0 Å². The quantitative estimate of drug-likeness (QED) is 0.609. The van der Waals surface area contributed by atoms with Crippen molar-refractivity contribution in [3.8, 4) is 23.4 Å². The number of nitrogens with one attached hydrogen (secondary N) is 2. The fourth-order valence-corrected chi connectivity index (χ4v) is 4.50. The van der Waals surface area contributed by atoms with Crippen molar-refractivity contribution in [3.05, 3.63) is 70.2 Å². The summed E-state index contributed by atoms with van der Waals surface area (Å²) in [5.41, 5.74) is -0.894. The third-order valence-electron chi connectivity index (χ3n) is 5.51. The van der Waals surface area contributed by atoms with Crippen LogP contribution in [0.15, 0.2) is 26.5 Å². The summed E-state index contributed by atoms with van der Waals surface area (Å²) in [5.74, 6) is 1.09. The second-order valence-corrected chi connectivity index (χ2v) is 8.18. The number of nitrogens with zero attached hydrogens (tertiary/aromatic N) is 4. The molecule has 0 radical (unpaired) electrons. The topological polar surface area (TPSA) is 147 Å². The summed E-state index contributed by atoms with van der Waals surface area (Å²) in [5, 5.41) is 19.3. The Kier molecular flexibility index (Phi) is 4.46. The summed E-state index contributed by atoms with van der Waals surface area (Å²) in [6, 6.07) is 4.32. The minimum Gasteiger partial charge on any atom is -0.434 e. The normalized spacial score (nSPS) is 18.6. The van der Waals surface area contributed by atoms with Crippen LogP contribution in [0.25, 0.3) is 5.69 Å². The van der Waals surface area contributed by atoms with E-state index in [0.717, 1.165) is 23.1 Å². The lowest BCUT2D eigenvalue weighted by Crippen LogP contribution is -2.33. The van der Waals surface area contributed by atoms with Crippen LogP contribution < -0.4 is 21.5 Å². The van der Waals surface area contributed by atoms with Crippen molar-refractivity contribution in [2.45, 2.75) is 25.2 Å². The number of rotatable bonds is 3. The molecule has 2 aliphatic carbocycles. The summed E-state index contributed by atoms with van der Waals surface area (Å²) in [6.45, 7) is 0. The lowest BCUT2D eigenvalue weighted by Gasteiger charge is -2.18. The number of hydrogen-bond donors (Lipinski definition) is 2. The second-order valence-electron chi connectivity index (χ2n) is 7.36. The number of aromatic amines is 2. The maximum atomic E-state index is 12.2. The minimum absolute atomic E-state index is 0.0471. The molecule has 156 valence electrons. The molecule has 0 amide bonds. The van der Waals surface area contributed by atoms with Gasteiger partial charge in [0.15, 0.2) is 5.75 Å². The molecule has 2 aliphatic rings. The molecule has 0 unspecified atom stereocenters. The highest BCUT2D eigenvalue weighted by molar-refractivity contribution is 6.37. The Morgan fingerprint density at radius 2 is 1.94 bits per heavy atom. The van der Waals surface area contributed by atoms with E-state index in [1.165, 1.54) is 12.1 Å². The second kappa shape index (κ2) is 7.08. The first-order valence-electron chi connectivity index (χ1n) is 9.30. The van der Waals surface area contributed by atoms with Crippen LogP contribution in [0, 0.1) is 17.2 Å². The Bertz CT molecular complexity index is 1440. The fraction of sp³-hybridized carbons (Fsp3) is 0.263. The third-order valence-corrected chi connectivity index (χ3v) is 6.07. The lowest BCUT2D eigenvalue weighted by atomic mass is 9.94. The number of aromatic nitrogens is 5. The van der Waals surface area contributed by atoms with Crippen molar-refractivity contribution in [2.24, 2.45) is 5.92 Å². The molecule has 2 aromatic heterocycles. The van der Waals surface area contributed by atoms with Gasteiger partial charge >= 0.3 is 5.69 Å². The zero-order valence-electron chi connectivity index (χ0n) is 15.6. The van der Waals surface area contributed by atoms with Crippen LogP contribution in [0.2, 0.25) is 10.0 Å². The van der Waals surface area contributed by atoms with Crippen LogP contribution >= 0.6 is 23.2 Å². The van der Waals surface area contributed by atoms with Gasteiger partial charge in [-0.15, -0.1) is 10.2 Å². The Labute approximate surface area is 183 Å². The molecule has 1 saturated carbocycles. The van der Waals surface area contributed by atoms with Crippen LogP contribution in [0.5, 0.6) is 11.6 Å². The van der Waals surface area contributed by atoms with Crippen molar-refractivity contribution in [2.75, 3.05) is 0 Å². The summed E-state index contributed by atoms with van der Waals surface area (Å²) in [7, 11) is 0. The van der Waals surface area contributed by atoms with Gasteiger partial charge in [-0.3, -0.25) is 14.6 Å². The highest BCUT2D eigenvalue weighted by Crippen LogP contribution is 2.56. The maximum Gasteiger partial charge on any atom is 0.349 e. The van der Waals surface area contributed by atoms with Gasteiger partial charge in [-0.1, -0.05) is 23.2 Å². The molecule has 2 atom stereocenters. The van der Waals surface area contributed by atoms with Gasteiger partial charge in [0.2, 0.25) is 11.6 Å². The van der Waals surface area contributed by atoms with E-state index >= 15 is 0 Å². The van der Waals surface area contributed by atoms with Gasteiger partial charge in [0.05, 0.1) is 15.7 Å². The average molecular weight is 459 g/mol. The van der Waals surface area contributed by atoms with E-state index in [-0.39, 0.29) is 38.8 Å². The first-order chi connectivity index (χ1) is 14.9. The SMILES string of the molecule is N#Cc1nn(-c2cc(Cl)c(Oc3n[nH]c(=O)c4c3[C@@H]3C[C@@H]3CC4)c(Cl)c2)c(=O)[nH]c1=O. The predicted molar refractivity (Wildman–Crippen MR) is 109 cm³/mol. The van der Waals surface area contributed by atoms with Crippen molar-refractivity contribution in [1.82, 2.24) is 25.0 Å². The molecule has 1 aromatic carbocycles. The number of halogens is 2. The third kappa shape index (κ3) is 3.22. The zero-order chi connectivity index (χ0) is 21.9. The van der Waals surface area contributed by atoms with Gasteiger partial charge in [-0.25, -0.2) is 9.89 Å². The zero-order valence-corrected chi connectivity index (χ0v) is 17.1. The standard InChI is InChI=1S/C19H12Cl2N6O4/c20-11-4-8(27-19(30)23-17(29)13(6-22)26-27)5-12(21)15(11)31-18-14-9(16(28)24-25-18)2-1-7-3-10(7)14/h4-5,7,10H,1-3H2,(H,24,28)(H,23,29,30)/t7-,10+/m0/s1. The first kappa shape index (κ1) is 19.5. The molecule has 0 saturated heterocycles. The monoisotopic (exact) mass is 458 g/mol. The molecule has 0 bridgehead atoms.